The molecule has 74 valence electrons. The number of hydrogen-bond acceptors (Lipinski definition) is 4. The number of carbonyl (C=O) groups is 2. The van der Waals surface area contributed by atoms with Crippen molar-refractivity contribution in [3.8, 4) is 0 Å². The molecule has 2 amide bonds. The largest absolute Gasteiger partial charge is 0.381 e. The van der Waals surface area contributed by atoms with E-state index in [4.69, 9.17) is 16.6 Å². The first kappa shape index (κ1) is 9.94. The Balaban J connectivity index is 2.26. The zero-order chi connectivity index (χ0) is 10.1. The maximum atomic E-state index is 11.2. The Bertz CT molecular complexity index is 237. The van der Waals surface area contributed by atoms with E-state index >= 15 is 0 Å². The molecular formula is C7H13N3O3. The third-order valence-corrected chi connectivity index (χ3v) is 2.03. The third kappa shape index (κ3) is 2.40. The van der Waals surface area contributed by atoms with E-state index in [0.29, 0.717) is 12.8 Å². The first-order chi connectivity index (χ1) is 5.96. The van der Waals surface area contributed by atoms with Gasteiger partial charge in [-0.1, -0.05) is 0 Å². The summed E-state index contributed by atoms with van der Waals surface area (Å²) >= 11 is 0. The van der Waals surface area contributed by atoms with Gasteiger partial charge in [-0.3, -0.25) is 9.59 Å². The highest BCUT2D eigenvalue weighted by Gasteiger charge is 2.45. The van der Waals surface area contributed by atoms with Gasteiger partial charge in [-0.05, 0) is 12.8 Å². The van der Waals surface area contributed by atoms with E-state index in [9.17, 15) is 9.59 Å². The van der Waals surface area contributed by atoms with Gasteiger partial charge < -0.3 is 21.9 Å². The monoisotopic (exact) mass is 187 g/mol. The fraction of sp³-hybridized carbons (Fsp3) is 0.714. The van der Waals surface area contributed by atoms with Crippen LogP contribution < -0.4 is 16.8 Å². The number of hydrogen-bond donors (Lipinski definition) is 4. The maximum Gasteiger partial charge on any atom is 0.248 e. The highest BCUT2D eigenvalue weighted by atomic mass is 16.3. The van der Waals surface area contributed by atoms with Crippen molar-refractivity contribution >= 4 is 11.8 Å². The number of carbonyl (C=O) groups excluding carboxylic acids is 2. The van der Waals surface area contributed by atoms with Crippen molar-refractivity contribution in [1.29, 1.82) is 0 Å². The van der Waals surface area contributed by atoms with Crippen LogP contribution in [0.4, 0.5) is 0 Å². The van der Waals surface area contributed by atoms with E-state index in [1.165, 1.54) is 0 Å². The summed E-state index contributed by atoms with van der Waals surface area (Å²) in [5, 5.41) is 11.3. The first-order valence-corrected chi connectivity index (χ1v) is 4.00. The van der Waals surface area contributed by atoms with Crippen LogP contribution in [0.5, 0.6) is 0 Å². The molecule has 1 saturated carbocycles. The van der Waals surface area contributed by atoms with Crippen molar-refractivity contribution in [2.45, 2.75) is 24.5 Å². The lowest BCUT2D eigenvalue weighted by molar-refractivity contribution is -0.127. The number of nitrogens with one attached hydrogen (secondary N) is 1. The molecule has 1 unspecified atom stereocenters. The lowest BCUT2D eigenvalue weighted by Crippen LogP contribution is -2.47. The van der Waals surface area contributed by atoms with Crippen LogP contribution in [0, 0.1) is 0 Å². The minimum atomic E-state index is -1.34. The minimum Gasteiger partial charge on any atom is -0.381 e. The molecule has 6 N–H and O–H groups in total. The van der Waals surface area contributed by atoms with E-state index in [1.807, 2.05) is 0 Å². The Morgan fingerprint density at radius 2 is 2.08 bits per heavy atom. The van der Waals surface area contributed by atoms with Gasteiger partial charge in [-0.25, -0.2) is 0 Å². The van der Waals surface area contributed by atoms with E-state index < -0.39 is 17.6 Å². The average molecular weight is 187 g/mol. The van der Waals surface area contributed by atoms with Crippen molar-refractivity contribution in [1.82, 2.24) is 5.32 Å². The predicted molar refractivity (Wildman–Crippen MR) is 44.4 cm³/mol. The van der Waals surface area contributed by atoms with Gasteiger partial charge in [-0.15, -0.1) is 0 Å². The highest BCUT2D eigenvalue weighted by Crippen LogP contribution is 2.31. The predicted octanol–water partition coefficient (Wildman–Crippen LogP) is -2.56. The van der Waals surface area contributed by atoms with Crippen LogP contribution in [-0.4, -0.2) is 35.1 Å². The Morgan fingerprint density at radius 3 is 2.46 bits per heavy atom. The van der Waals surface area contributed by atoms with Gasteiger partial charge in [0.2, 0.25) is 11.8 Å². The molecule has 0 bridgehead atoms. The molecular weight excluding hydrogens is 174 g/mol. The molecule has 0 heterocycles. The number of amides is 2. The third-order valence-electron chi connectivity index (χ3n) is 2.03. The molecule has 1 rings (SSSR count). The standard InChI is InChI=1S/C7H13N3O3/c8-5(12)4(11)3-10-6(13)7(9)1-2-7/h4,11H,1-3,9H2,(H2,8,12)(H,10,13). The number of aliphatic hydroxyl groups excluding tert-OH is 1. The normalized spacial score (nSPS) is 20.5. The second-order valence-electron chi connectivity index (χ2n) is 3.28. The van der Waals surface area contributed by atoms with Crippen LogP contribution in [0.1, 0.15) is 12.8 Å². The lowest BCUT2D eigenvalue weighted by atomic mass is 10.2. The van der Waals surface area contributed by atoms with Crippen molar-refractivity contribution in [2.24, 2.45) is 11.5 Å². The van der Waals surface area contributed by atoms with Crippen molar-refractivity contribution in [2.75, 3.05) is 6.54 Å². The first-order valence-electron chi connectivity index (χ1n) is 4.00. The summed E-state index contributed by atoms with van der Waals surface area (Å²) in [7, 11) is 0. The van der Waals surface area contributed by atoms with E-state index in [2.05, 4.69) is 5.32 Å². The summed E-state index contributed by atoms with van der Waals surface area (Å²) in [4.78, 5) is 21.5. The summed E-state index contributed by atoms with van der Waals surface area (Å²) < 4.78 is 0. The number of nitrogens with two attached hydrogens (primary N) is 2. The molecule has 0 aliphatic heterocycles. The molecule has 6 heteroatoms. The molecule has 0 saturated heterocycles. The van der Waals surface area contributed by atoms with Gasteiger partial charge >= 0.3 is 0 Å². The van der Waals surface area contributed by atoms with Crippen LogP contribution in [0.2, 0.25) is 0 Å². The van der Waals surface area contributed by atoms with Gasteiger partial charge in [0.05, 0.1) is 12.1 Å². The van der Waals surface area contributed by atoms with Gasteiger partial charge in [0, 0.05) is 0 Å². The minimum absolute atomic E-state index is 0.173. The molecule has 0 aromatic heterocycles. The van der Waals surface area contributed by atoms with Crippen LogP contribution in [0.15, 0.2) is 0 Å². The van der Waals surface area contributed by atoms with Gasteiger partial charge in [-0.2, -0.15) is 0 Å². The van der Waals surface area contributed by atoms with E-state index in [1.54, 1.807) is 0 Å². The summed E-state index contributed by atoms with van der Waals surface area (Å²) in [6.07, 6.45) is -0.0527. The summed E-state index contributed by atoms with van der Waals surface area (Å²) in [5.74, 6) is -1.20. The number of primary amides is 1. The smallest absolute Gasteiger partial charge is 0.248 e. The molecule has 1 atom stereocenters. The molecule has 0 aromatic carbocycles. The molecule has 0 aromatic rings. The van der Waals surface area contributed by atoms with Crippen molar-refractivity contribution in [3.05, 3.63) is 0 Å². The Hall–Kier alpha value is -1.14. The van der Waals surface area contributed by atoms with Gasteiger partial charge in [0.15, 0.2) is 0 Å². The number of rotatable bonds is 4. The highest BCUT2D eigenvalue weighted by molar-refractivity contribution is 5.89. The van der Waals surface area contributed by atoms with Crippen LogP contribution in [0.25, 0.3) is 0 Å². The summed E-state index contributed by atoms with van der Waals surface area (Å²) in [5.41, 5.74) is 9.54. The Morgan fingerprint density at radius 1 is 1.54 bits per heavy atom. The quantitative estimate of drug-likeness (QED) is 0.387. The molecule has 1 fully saturated rings. The fourth-order valence-electron chi connectivity index (χ4n) is 0.828. The summed E-state index contributed by atoms with van der Waals surface area (Å²) in [6.45, 7) is -0.173. The van der Waals surface area contributed by atoms with Crippen molar-refractivity contribution < 1.29 is 14.7 Å². The molecule has 0 spiro atoms. The topological polar surface area (TPSA) is 118 Å². The number of aliphatic hydroxyl groups is 1. The van der Waals surface area contributed by atoms with Crippen molar-refractivity contribution in [3.63, 3.8) is 0 Å². The fourth-order valence-corrected chi connectivity index (χ4v) is 0.828. The van der Waals surface area contributed by atoms with Crippen LogP contribution in [0.3, 0.4) is 0 Å². The lowest BCUT2D eigenvalue weighted by Gasteiger charge is -2.11. The van der Waals surface area contributed by atoms with Gasteiger partial charge in [0.1, 0.15) is 6.10 Å². The molecule has 0 radical (unpaired) electrons. The van der Waals surface area contributed by atoms with Crippen LogP contribution in [-0.2, 0) is 9.59 Å². The molecule has 1 aliphatic rings. The second-order valence-corrected chi connectivity index (χ2v) is 3.28. The zero-order valence-electron chi connectivity index (χ0n) is 7.12. The molecule has 13 heavy (non-hydrogen) atoms. The maximum absolute atomic E-state index is 11.2. The second kappa shape index (κ2) is 3.31. The SMILES string of the molecule is NC(=O)C(O)CNC(=O)C1(N)CC1. The van der Waals surface area contributed by atoms with E-state index in [0.717, 1.165) is 0 Å². The molecule has 1 aliphatic carbocycles. The average Bonchev–Trinajstić information content (AvgIpc) is 2.79. The van der Waals surface area contributed by atoms with Crippen LogP contribution >= 0.6 is 0 Å². The Labute approximate surface area is 75.3 Å². The molecule has 6 nitrogen and oxygen atoms in total. The summed E-state index contributed by atoms with van der Waals surface area (Å²) in [6, 6.07) is 0. The Kier molecular flexibility index (Phi) is 2.53. The van der Waals surface area contributed by atoms with Gasteiger partial charge in [0.25, 0.3) is 0 Å². The zero-order valence-corrected chi connectivity index (χ0v) is 7.12. The van der Waals surface area contributed by atoms with E-state index in [-0.39, 0.29) is 12.5 Å².